The predicted molar refractivity (Wildman–Crippen MR) is 124 cm³/mol. The lowest BCUT2D eigenvalue weighted by molar-refractivity contribution is -0.137. The Morgan fingerprint density at radius 3 is 2.23 bits per heavy atom. The van der Waals surface area contributed by atoms with Crippen LogP contribution in [-0.4, -0.2) is 62.8 Å². The third-order valence-corrected chi connectivity index (χ3v) is 8.23. The van der Waals surface area contributed by atoms with E-state index in [2.05, 4.69) is 17.0 Å². The van der Waals surface area contributed by atoms with E-state index in [-0.39, 0.29) is 17.6 Å². The molecule has 0 saturated carbocycles. The maximum atomic E-state index is 13.0. The fourth-order valence-corrected chi connectivity index (χ4v) is 6.16. The molecule has 0 atom stereocenters. The molecule has 2 aromatic carbocycles. The van der Waals surface area contributed by atoms with E-state index in [1.54, 1.807) is 24.3 Å². The summed E-state index contributed by atoms with van der Waals surface area (Å²) in [5.74, 6) is 0.00802. The standard InChI is InChI=1S/C23H28ClN3O3S/c24-21-6-4-5-19(17-21)18-31(29,30)27-11-9-20(10-12-27)23(28)26-15-13-25(14-16-26)22-7-2-1-3-8-22/h1-8,17,20H,9-16,18H2. The molecule has 2 heterocycles. The Kier molecular flexibility index (Phi) is 6.84. The molecule has 0 N–H and O–H groups in total. The highest BCUT2D eigenvalue weighted by molar-refractivity contribution is 7.88. The molecule has 31 heavy (non-hydrogen) atoms. The molecule has 2 aliphatic rings. The second-order valence-corrected chi connectivity index (χ2v) is 10.6. The van der Waals surface area contributed by atoms with Gasteiger partial charge < -0.3 is 9.80 Å². The average Bonchev–Trinajstić information content (AvgIpc) is 2.79. The Balaban J connectivity index is 1.28. The number of para-hydroxylation sites is 1. The molecule has 166 valence electrons. The minimum atomic E-state index is -3.42. The van der Waals surface area contributed by atoms with Crippen LogP contribution in [0.25, 0.3) is 0 Å². The molecule has 0 unspecified atom stereocenters. The highest BCUT2D eigenvalue weighted by Crippen LogP contribution is 2.25. The molecule has 4 rings (SSSR count). The van der Waals surface area contributed by atoms with E-state index in [1.165, 1.54) is 9.99 Å². The lowest BCUT2D eigenvalue weighted by Gasteiger charge is -2.39. The van der Waals surface area contributed by atoms with Crippen LogP contribution >= 0.6 is 11.6 Å². The van der Waals surface area contributed by atoms with E-state index in [0.717, 1.165) is 13.1 Å². The van der Waals surface area contributed by atoms with Gasteiger partial charge in [-0.25, -0.2) is 12.7 Å². The van der Waals surface area contributed by atoms with Crippen LogP contribution in [0.3, 0.4) is 0 Å². The second-order valence-electron chi connectivity index (χ2n) is 8.21. The number of hydrogen-bond acceptors (Lipinski definition) is 4. The number of sulfonamides is 1. The van der Waals surface area contributed by atoms with Gasteiger partial charge in [0.25, 0.3) is 0 Å². The maximum Gasteiger partial charge on any atom is 0.225 e. The van der Waals surface area contributed by atoms with Crippen LogP contribution < -0.4 is 4.90 Å². The minimum absolute atomic E-state index is 0.0619. The summed E-state index contributed by atoms with van der Waals surface area (Å²) in [6.45, 7) is 3.85. The summed E-state index contributed by atoms with van der Waals surface area (Å²) in [5, 5.41) is 0.532. The summed E-state index contributed by atoms with van der Waals surface area (Å²) in [6, 6.07) is 17.2. The van der Waals surface area contributed by atoms with Gasteiger partial charge in [0.05, 0.1) is 5.75 Å². The van der Waals surface area contributed by atoms with Gasteiger partial charge >= 0.3 is 0 Å². The number of hydrogen-bond donors (Lipinski definition) is 0. The average molecular weight is 462 g/mol. The van der Waals surface area contributed by atoms with Crippen LogP contribution in [0, 0.1) is 5.92 Å². The molecule has 0 aromatic heterocycles. The number of rotatable bonds is 5. The molecule has 0 aliphatic carbocycles. The Bertz CT molecular complexity index is 1000. The summed E-state index contributed by atoms with van der Waals surface area (Å²) >= 11 is 5.98. The first-order valence-electron chi connectivity index (χ1n) is 10.7. The van der Waals surface area contributed by atoms with Crippen molar-refractivity contribution in [2.45, 2.75) is 18.6 Å². The number of carbonyl (C=O) groups is 1. The third-order valence-electron chi connectivity index (χ3n) is 6.15. The van der Waals surface area contributed by atoms with E-state index in [1.807, 2.05) is 23.1 Å². The topological polar surface area (TPSA) is 60.9 Å². The monoisotopic (exact) mass is 461 g/mol. The smallest absolute Gasteiger partial charge is 0.225 e. The summed E-state index contributed by atoms with van der Waals surface area (Å²) in [4.78, 5) is 17.3. The first-order valence-corrected chi connectivity index (χ1v) is 12.7. The van der Waals surface area contributed by atoms with E-state index in [4.69, 9.17) is 11.6 Å². The fourth-order valence-electron chi connectivity index (χ4n) is 4.39. The van der Waals surface area contributed by atoms with Crippen molar-refractivity contribution in [1.29, 1.82) is 0 Å². The quantitative estimate of drug-likeness (QED) is 0.685. The number of amides is 1. The third kappa shape index (κ3) is 5.40. The summed E-state index contributed by atoms with van der Waals surface area (Å²) in [5.41, 5.74) is 1.87. The van der Waals surface area contributed by atoms with E-state index < -0.39 is 10.0 Å². The number of benzene rings is 2. The number of piperidine rings is 1. The van der Waals surface area contributed by atoms with Crippen molar-refractivity contribution in [3.8, 4) is 0 Å². The first-order chi connectivity index (χ1) is 14.9. The van der Waals surface area contributed by atoms with Crippen LogP contribution in [0.1, 0.15) is 18.4 Å². The Hall–Kier alpha value is -2.09. The highest BCUT2D eigenvalue weighted by atomic mass is 35.5. The minimum Gasteiger partial charge on any atom is -0.368 e. The van der Waals surface area contributed by atoms with Crippen LogP contribution in [0.15, 0.2) is 54.6 Å². The second kappa shape index (κ2) is 9.59. The number of halogens is 1. The van der Waals surface area contributed by atoms with Crippen molar-refractivity contribution in [3.63, 3.8) is 0 Å². The Morgan fingerprint density at radius 2 is 1.58 bits per heavy atom. The van der Waals surface area contributed by atoms with Crippen LogP contribution in [-0.2, 0) is 20.6 Å². The predicted octanol–water partition coefficient (Wildman–Crippen LogP) is 3.23. The van der Waals surface area contributed by atoms with Gasteiger partial charge in [-0.15, -0.1) is 0 Å². The zero-order chi connectivity index (χ0) is 21.8. The van der Waals surface area contributed by atoms with Crippen molar-refractivity contribution in [1.82, 2.24) is 9.21 Å². The van der Waals surface area contributed by atoms with Crippen molar-refractivity contribution >= 4 is 33.2 Å². The van der Waals surface area contributed by atoms with Crippen molar-refractivity contribution in [2.24, 2.45) is 5.92 Å². The summed E-state index contributed by atoms with van der Waals surface area (Å²) in [6.07, 6.45) is 1.15. The van der Waals surface area contributed by atoms with Crippen LogP contribution in [0.2, 0.25) is 5.02 Å². The number of piperazine rings is 1. The largest absolute Gasteiger partial charge is 0.368 e. The van der Waals surface area contributed by atoms with E-state index in [0.29, 0.717) is 49.6 Å². The molecular weight excluding hydrogens is 434 g/mol. The molecule has 0 spiro atoms. The van der Waals surface area contributed by atoms with Gasteiger partial charge in [-0.1, -0.05) is 41.9 Å². The molecule has 2 aromatic rings. The fraction of sp³-hybridized carbons (Fsp3) is 0.435. The van der Waals surface area contributed by atoms with Crippen molar-refractivity contribution < 1.29 is 13.2 Å². The maximum absolute atomic E-state index is 13.0. The van der Waals surface area contributed by atoms with E-state index in [9.17, 15) is 13.2 Å². The van der Waals surface area contributed by atoms with Gasteiger partial charge in [-0.05, 0) is 42.7 Å². The lowest BCUT2D eigenvalue weighted by atomic mass is 9.96. The van der Waals surface area contributed by atoms with Crippen molar-refractivity contribution in [2.75, 3.05) is 44.2 Å². The van der Waals surface area contributed by atoms with Gasteiger partial charge in [0, 0.05) is 55.9 Å². The zero-order valence-electron chi connectivity index (χ0n) is 17.5. The van der Waals surface area contributed by atoms with Gasteiger partial charge in [0.2, 0.25) is 15.9 Å². The van der Waals surface area contributed by atoms with Gasteiger partial charge in [-0.3, -0.25) is 4.79 Å². The highest BCUT2D eigenvalue weighted by Gasteiger charge is 2.34. The number of nitrogens with zero attached hydrogens (tertiary/aromatic N) is 3. The molecule has 8 heteroatoms. The SMILES string of the molecule is O=C(C1CCN(S(=O)(=O)Cc2cccc(Cl)c2)CC1)N1CCN(c2ccccc2)CC1. The summed E-state index contributed by atoms with van der Waals surface area (Å²) in [7, 11) is -3.42. The molecular formula is C23H28ClN3O3S. The molecule has 0 bridgehead atoms. The molecule has 0 radical (unpaired) electrons. The van der Waals surface area contributed by atoms with Gasteiger partial charge in [0.15, 0.2) is 0 Å². The van der Waals surface area contributed by atoms with Gasteiger partial charge in [0.1, 0.15) is 0 Å². The Morgan fingerprint density at radius 1 is 0.903 bits per heavy atom. The molecule has 2 fully saturated rings. The number of carbonyl (C=O) groups excluding carboxylic acids is 1. The molecule has 2 saturated heterocycles. The molecule has 1 amide bonds. The van der Waals surface area contributed by atoms with Crippen LogP contribution in [0.4, 0.5) is 5.69 Å². The Labute approximate surface area is 189 Å². The molecule has 2 aliphatic heterocycles. The first kappa shape index (κ1) is 22.1. The van der Waals surface area contributed by atoms with Crippen molar-refractivity contribution in [3.05, 3.63) is 65.2 Å². The van der Waals surface area contributed by atoms with Crippen LogP contribution in [0.5, 0.6) is 0 Å². The normalized spacial score (nSPS) is 18.9. The number of anilines is 1. The lowest BCUT2D eigenvalue weighted by Crippen LogP contribution is -2.52. The molecule has 6 nitrogen and oxygen atoms in total. The summed E-state index contributed by atoms with van der Waals surface area (Å²) < 4.78 is 27.1. The zero-order valence-corrected chi connectivity index (χ0v) is 19.1. The van der Waals surface area contributed by atoms with Gasteiger partial charge in [-0.2, -0.15) is 0 Å². The van der Waals surface area contributed by atoms with E-state index >= 15 is 0 Å².